The van der Waals surface area contributed by atoms with Crippen molar-refractivity contribution in [1.82, 2.24) is 15.1 Å². The van der Waals surface area contributed by atoms with Crippen molar-refractivity contribution in [2.75, 3.05) is 13.1 Å². The Balaban J connectivity index is 1.53. The summed E-state index contributed by atoms with van der Waals surface area (Å²) in [5.41, 5.74) is 1.36. The molecule has 2 heterocycles. The van der Waals surface area contributed by atoms with Gasteiger partial charge in [0.15, 0.2) is 0 Å². The molecule has 29 heavy (non-hydrogen) atoms. The van der Waals surface area contributed by atoms with Crippen molar-refractivity contribution < 1.29 is 14.4 Å². The lowest BCUT2D eigenvalue weighted by Gasteiger charge is -2.38. The fourth-order valence-electron chi connectivity index (χ4n) is 4.06. The summed E-state index contributed by atoms with van der Waals surface area (Å²) >= 11 is 5.91. The van der Waals surface area contributed by atoms with E-state index < -0.39 is 11.6 Å². The van der Waals surface area contributed by atoms with Crippen LogP contribution in [0, 0.1) is 6.92 Å². The summed E-state index contributed by atoms with van der Waals surface area (Å²) in [4.78, 5) is 41.6. The zero-order valence-electron chi connectivity index (χ0n) is 16.2. The topological polar surface area (TPSA) is 69.7 Å². The minimum atomic E-state index is -1.05. The van der Waals surface area contributed by atoms with Crippen LogP contribution in [0.2, 0.25) is 5.02 Å². The molecule has 7 heteroatoms. The number of piperidine rings is 1. The van der Waals surface area contributed by atoms with Gasteiger partial charge in [-0.15, -0.1) is 0 Å². The van der Waals surface area contributed by atoms with Crippen LogP contribution in [0.4, 0.5) is 4.79 Å². The zero-order valence-corrected chi connectivity index (χ0v) is 16.9. The number of nitrogens with zero attached hydrogens (tertiary/aromatic N) is 2. The fourth-order valence-corrected chi connectivity index (χ4v) is 4.18. The molecule has 2 aliphatic heterocycles. The predicted octanol–water partition coefficient (Wildman–Crippen LogP) is 3.38. The van der Waals surface area contributed by atoms with E-state index in [0.29, 0.717) is 30.0 Å². The molecule has 0 aliphatic carbocycles. The first-order chi connectivity index (χ1) is 13.9. The maximum atomic E-state index is 13.2. The summed E-state index contributed by atoms with van der Waals surface area (Å²) in [7, 11) is 0. The number of hydrogen-bond donors (Lipinski definition) is 1. The third kappa shape index (κ3) is 3.72. The largest absolute Gasteiger partial charge is 0.336 e. The lowest BCUT2D eigenvalue weighted by Crippen LogP contribution is -2.59. The van der Waals surface area contributed by atoms with Gasteiger partial charge in [-0.05, 0) is 49.6 Å². The van der Waals surface area contributed by atoms with Gasteiger partial charge < -0.3 is 10.2 Å². The van der Waals surface area contributed by atoms with Gasteiger partial charge in [0.05, 0.1) is 13.1 Å². The normalized spacial score (nSPS) is 21.6. The molecule has 6 nitrogen and oxygen atoms in total. The van der Waals surface area contributed by atoms with E-state index in [-0.39, 0.29) is 24.9 Å². The van der Waals surface area contributed by atoms with Gasteiger partial charge in [0.1, 0.15) is 5.54 Å². The third-order valence-electron chi connectivity index (χ3n) is 5.54. The number of aryl methyl sites for hydroxylation is 1. The minimum absolute atomic E-state index is 0.119. The van der Waals surface area contributed by atoms with E-state index in [0.717, 1.165) is 11.1 Å². The van der Waals surface area contributed by atoms with E-state index in [1.807, 2.05) is 25.1 Å². The summed E-state index contributed by atoms with van der Waals surface area (Å²) < 4.78 is 0. The Morgan fingerprint density at radius 3 is 2.66 bits per heavy atom. The van der Waals surface area contributed by atoms with Crippen LogP contribution in [0.25, 0.3) is 0 Å². The Kier molecular flexibility index (Phi) is 5.04. The second-order valence-electron chi connectivity index (χ2n) is 7.73. The molecule has 4 amide bonds. The van der Waals surface area contributed by atoms with Crippen molar-refractivity contribution in [3.63, 3.8) is 0 Å². The molecule has 2 aliphatic rings. The molecule has 2 saturated heterocycles. The third-order valence-corrected chi connectivity index (χ3v) is 5.80. The summed E-state index contributed by atoms with van der Waals surface area (Å²) in [6.45, 7) is 2.86. The molecular weight excluding hydrogens is 390 g/mol. The minimum Gasteiger partial charge on any atom is -0.336 e. The molecular formula is C22H22ClN3O3. The first kappa shape index (κ1) is 19.5. The van der Waals surface area contributed by atoms with Gasteiger partial charge in [0, 0.05) is 17.1 Å². The van der Waals surface area contributed by atoms with Gasteiger partial charge in [-0.25, -0.2) is 4.79 Å². The van der Waals surface area contributed by atoms with E-state index in [9.17, 15) is 14.4 Å². The van der Waals surface area contributed by atoms with Gasteiger partial charge in [-0.1, -0.05) is 41.4 Å². The molecule has 0 aromatic heterocycles. The van der Waals surface area contributed by atoms with E-state index in [1.54, 1.807) is 35.2 Å². The number of amides is 4. The molecule has 2 aromatic carbocycles. The van der Waals surface area contributed by atoms with Crippen molar-refractivity contribution in [1.29, 1.82) is 0 Å². The van der Waals surface area contributed by atoms with Crippen LogP contribution in [0.1, 0.15) is 34.3 Å². The monoisotopic (exact) mass is 411 g/mol. The van der Waals surface area contributed by atoms with Crippen molar-refractivity contribution in [3.05, 3.63) is 70.2 Å². The highest BCUT2D eigenvalue weighted by Gasteiger charge is 2.53. The number of urea groups is 1. The average Bonchev–Trinajstić information content (AvgIpc) is 2.93. The summed E-state index contributed by atoms with van der Waals surface area (Å²) in [6, 6.07) is 14.0. The Morgan fingerprint density at radius 2 is 1.93 bits per heavy atom. The zero-order chi connectivity index (χ0) is 20.6. The smallest absolute Gasteiger partial charge is 0.325 e. The molecule has 0 unspecified atom stereocenters. The molecule has 4 rings (SSSR count). The van der Waals surface area contributed by atoms with Gasteiger partial charge >= 0.3 is 6.03 Å². The van der Waals surface area contributed by atoms with Crippen molar-refractivity contribution in [2.45, 2.75) is 31.8 Å². The van der Waals surface area contributed by atoms with Crippen LogP contribution in [0.3, 0.4) is 0 Å². The van der Waals surface area contributed by atoms with Crippen LogP contribution < -0.4 is 5.32 Å². The van der Waals surface area contributed by atoms with E-state index in [1.165, 1.54) is 4.90 Å². The second kappa shape index (κ2) is 7.52. The Labute approximate surface area is 174 Å². The van der Waals surface area contributed by atoms with Crippen molar-refractivity contribution in [2.24, 2.45) is 0 Å². The second-order valence-corrected chi connectivity index (χ2v) is 8.17. The molecule has 0 radical (unpaired) electrons. The highest BCUT2D eigenvalue weighted by atomic mass is 35.5. The number of carbonyl (C=O) groups is 3. The highest BCUT2D eigenvalue weighted by molar-refractivity contribution is 6.30. The molecule has 150 valence electrons. The number of halogens is 1. The molecule has 0 saturated carbocycles. The predicted molar refractivity (Wildman–Crippen MR) is 110 cm³/mol. The number of nitrogens with one attached hydrogen (secondary N) is 1. The van der Waals surface area contributed by atoms with Gasteiger partial charge in [-0.2, -0.15) is 0 Å². The molecule has 2 aromatic rings. The quantitative estimate of drug-likeness (QED) is 0.787. The van der Waals surface area contributed by atoms with Crippen molar-refractivity contribution >= 4 is 29.4 Å². The Hall–Kier alpha value is -2.86. The van der Waals surface area contributed by atoms with Crippen LogP contribution >= 0.6 is 11.6 Å². The fraction of sp³-hybridized carbons (Fsp3) is 0.318. The van der Waals surface area contributed by atoms with E-state index in [4.69, 9.17) is 11.6 Å². The lowest BCUT2D eigenvalue weighted by molar-refractivity contribution is -0.133. The number of imide groups is 1. The summed E-state index contributed by atoms with van der Waals surface area (Å²) in [5, 5.41) is 3.46. The number of hydrogen-bond acceptors (Lipinski definition) is 3. The maximum Gasteiger partial charge on any atom is 0.325 e. The summed E-state index contributed by atoms with van der Waals surface area (Å²) in [6.07, 6.45) is 1.17. The molecule has 1 atom stereocenters. The first-order valence-electron chi connectivity index (χ1n) is 9.62. The number of benzene rings is 2. The number of carbonyl (C=O) groups excluding carboxylic acids is 3. The maximum absolute atomic E-state index is 13.2. The molecule has 2 fully saturated rings. The number of likely N-dealkylation sites (tertiary alicyclic amines) is 1. The standard InChI is InChI=1S/C22H22ClN3O3/c1-15-4-2-5-17(12-15)19(27)25-11-3-10-22(14-25)20(28)26(21(29)24-22)13-16-6-8-18(23)9-7-16/h2,4-9,12H,3,10-11,13-14H2,1H3,(H,24,29)/t22-/m0/s1. The van der Waals surface area contributed by atoms with Gasteiger partial charge in [0.2, 0.25) is 0 Å². The van der Waals surface area contributed by atoms with Crippen molar-refractivity contribution in [3.8, 4) is 0 Å². The summed E-state index contributed by atoms with van der Waals surface area (Å²) in [5.74, 6) is -0.398. The molecule has 0 bridgehead atoms. The van der Waals surface area contributed by atoms with E-state index >= 15 is 0 Å². The molecule has 1 spiro atoms. The highest BCUT2D eigenvalue weighted by Crippen LogP contribution is 2.30. The van der Waals surface area contributed by atoms with Gasteiger partial charge in [-0.3, -0.25) is 14.5 Å². The lowest BCUT2D eigenvalue weighted by atomic mass is 9.88. The SMILES string of the molecule is Cc1cccc(C(=O)N2CCC[C@@]3(C2)NC(=O)N(Cc2ccc(Cl)cc2)C3=O)c1. The molecule has 1 N–H and O–H groups in total. The first-order valence-corrected chi connectivity index (χ1v) is 10.0. The number of rotatable bonds is 3. The van der Waals surface area contributed by atoms with Crippen LogP contribution in [0.15, 0.2) is 48.5 Å². The van der Waals surface area contributed by atoms with Crippen LogP contribution in [-0.4, -0.2) is 46.3 Å². The Bertz CT molecular complexity index is 976. The average molecular weight is 412 g/mol. The Morgan fingerprint density at radius 1 is 1.17 bits per heavy atom. The van der Waals surface area contributed by atoms with Gasteiger partial charge in [0.25, 0.3) is 11.8 Å². The van der Waals surface area contributed by atoms with Crippen LogP contribution in [-0.2, 0) is 11.3 Å². The van der Waals surface area contributed by atoms with Crippen LogP contribution in [0.5, 0.6) is 0 Å². The van der Waals surface area contributed by atoms with E-state index in [2.05, 4.69) is 5.32 Å².